The lowest BCUT2D eigenvalue weighted by Gasteiger charge is -2.28. The fourth-order valence-electron chi connectivity index (χ4n) is 2.39. The van der Waals surface area contributed by atoms with Gasteiger partial charge in [0.15, 0.2) is 0 Å². The van der Waals surface area contributed by atoms with E-state index in [4.69, 9.17) is 16.3 Å². The first-order valence-electron chi connectivity index (χ1n) is 6.11. The quantitative estimate of drug-likeness (QED) is 0.830. The average molecular weight is 273 g/mol. The van der Waals surface area contributed by atoms with Gasteiger partial charge in [0.25, 0.3) is 5.56 Å². The first-order valence-corrected chi connectivity index (χ1v) is 6.49. The van der Waals surface area contributed by atoms with Gasteiger partial charge in [0.05, 0.1) is 0 Å². The Morgan fingerprint density at radius 3 is 2.61 bits per heavy atom. The molecule has 18 heavy (non-hydrogen) atoms. The van der Waals surface area contributed by atoms with E-state index >= 15 is 0 Å². The Balaban J connectivity index is 2.41. The van der Waals surface area contributed by atoms with E-state index in [0.717, 1.165) is 12.8 Å². The van der Waals surface area contributed by atoms with Gasteiger partial charge in [-0.1, -0.05) is 11.6 Å². The van der Waals surface area contributed by atoms with Crippen LogP contribution in [0.5, 0.6) is 0 Å². The molecule has 0 bridgehead atoms. The van der Waals surface area contributed by atoms with Crippen LogP contribution in [0.2, 0.25) is 5.15 Å². The molecule has 100 valence electrons. The van der Waals surface area contributed by atoms with E-state index in [1.54, 1.807) is 6.92 Å². The Morgan fingerprint density at radius 2 is 2.00 bits per heavy atom. The predicted molar refractivity (Wildman–Crippen MR) is 69.3 cm³/mol. The molecule has 0 radical (unpaired) electrons. The van der Waals surface area contributed by atoms with Crippen molar-refractivity contribution in [3.63, 3.8) is 0 Å². The molecule has 6 heteroatoms. The molecule has 2 rings (SSSR count). The Hall–Kier alpha value is -1.07. The van der Waals surface area contributed by atoms with Crippen LogP contribution >= 0.6 is 11.6 Å². The lowest BCUT2D eigenvalue weighted by atomic mass is 9.93. The summed E-state index contributed by atoms with van der Waals surface area (Å²) in [5, 5.41) is 0.125. The van der Waals surface area contributed by atoms with Crippen molar-refractivity contribution >= 4 is 11.6 Å². The number of ether oxygens (including phenoxy) is 1. The van der Waals surface area contributed by atoms with E-state index in [-0.39, 0.29) is 22.7 Å². The summed E-state index contributed by atoms with van der Waals surface area (Å²) < 4.78 is 6.57. The normalized spacial score (nSPS) is 18.8. The Labute approximate surface area is 110 Å². The molecule has 1 unspecified atom stereocenters. The minimum absolute atomic E-state index is 0.125. The van der Waals surface area contributed by atoms with Crippen molar-refractivity contribution < 1.29 is 4.74 Å². The monoisotopic (exact) mass is 272 g/mol. The van der Waals surface area contributed by atoms with Gasteiger partial charge >= 0.3 is 5.69 Å². The van der Waals surface area contributed by atoms with Gasteiger partial charge in [0.1, 0.15) is 5.15 Å². The van der Waals surface area contributed by atoms with Crippen LogP contribution in [0.3, 0.4) is 0 Å². The van der Waals surface area contributed by atoms with Crippen molar-refractivity contribution in [2.45, 2.75) is 32.7 Å². The van der Waals surface area contributed by atoms with E-state index in [1.165, 1.54) is 4.57 Å². The number of halogens is 1. The second-order valence-electron chi connectivity index (χ2n) is 4.73. The maximum absolute atomic E-state index is 12.1. The third kappa shape index (κ3) is 2.37. The van der Waals surface area contributed by atoms with Crippen molar-refractivity contribution in [2.24, 2.45) is 5.92 Å². The summed E-state index contributed by atoms with van der Waals surface area (Å²) in [6, 6.07) is -0.138. The number of H-pyrrole nitrogens is 1. The molecule has 1 N–H and O–H groups in total. The standard InChI is InChI=1S/C12H17ClN2O3/c1-7-10(13)14-12(17)15(11(7)16)8(2)9-3-5-18-6-4-9/h8-9H,3-6H2,1-2H3,(H,14,17). The Bertz CT molecular complexity index is 543. The smallest absolute Gasteiger partial charge is 0.329 e. The SMILES string of the molecule is Cc1c(Cl)[nH]c(=O)n(C(C)C2CCOCC2)c1=O. The van der Waals surface area contributed by atoms with Crippen molar-refractivity contribution in [3.05, 3.63) is 31.6 Å². The Morgan fingerprint density at radius 1 is 1.39 bits per heavy atom. The minimum atomic E-state index is -0.436. The molecule has 1 fully saturated rings. The van der Waals surface area contributed by atoms with Gasteiger partial charge in [-0.25, -0.2) is 4.79 Å². The number of aromatic nitrogens is 2. The molecule has 1 saturated heterocycles. The molecule has 0 saturated carbocycles. The van der Waals surface area contributed by atoms with E-state index in [9.17, 15) is 9.59 Å². The van der Waals surface area contributed by atoms with E-state index in [0.29, 0.717) is 18.8 Å². The topological polar surface area (TPSA) is 64.1 Å². The van der Waals surface area contributed by atoms with Gasteiger partial charge in [-0.2, -0.15) is 0 Å². The first-order chi connectivity index (χ1) is 8.52. The summed E-state index contributed by atoms with van der Waals surface area (Å²) in [4.78, 5) is 26.5. The van der Waals surface area contributed by atoms with Gasteiger partial charge in [-0.15, -0.1) is 0 Å². The summed E-state index contributed by atoms with van der Waals surface area (Å²) in [5.41, 5.74) is -0.354. The number of aromatic amines is 1. The summed E-state index contributed by atoms with van der Waals surface area (Å²) in [7, 11) is 0. The highest BCUT2D eigenvalue weighted by Gasteiger charge is 2.24. The van der Waals surface area contributed by atoms with Crippen LogP contribution in [0, 0.1) is 12.8 Å². The summed E-state index contributed by atoms with van der Waals surface area (Å²) in [6.45, 7) is 4.90. The molecule has 0 aliphatic carbocycles. The number of hydrogen-bond donors (Lipinski definition) is 1. The molecule has 5 nitrogen and oxygen atoms in total. The lowest BCUT2D eigenvalue weighted by molar-refractivity contribution is 0.0501. The van der Waals surface area contributed by atoms with Crippen LogP contribution in [0.4, 0.5) is 0 Å². The van der Waals surface area contributed by atoms with Gasteiger partial charge in [0.2, 0.25) is 0 Å². The molecule has 1 aliphatic rings. The highest BCUT2D eigenvalue weighted by molar-refractivity contribution is 6.30. The lowest BCUT2D eigenvalue weighted by Crippen LogP contribution is -2.41. The fourth-order valence-corrected chi connectivity index (χ4v) is 2.56. The first kappa shape index (κ1) is 13.4. The van der Waals surface area contributed by atoms with Crippen molar-refractivity contribution in [3.8, 4) is 0 Å². The van der Waals surface area contributed by atoms with Gasteiger partial charge in [-0.3, -0.25) is 14.3 Å². The maximum atomic E-state index is 12.1. The largest absolute Gasteiger partial charge is 0.381 e. The van der Waals surface area contributed by atoms with Crippen LogP contribution in [0.1, 0.15) is 31.4 Å². The second-order valence-corrected chi connectivity index (χ2v) is 5.11. The van der Waals surface area contributed by atoms with Gasteiger partial charge < -0.3 is 4.74 Å². The molecule has 1 aromatic heterocycles. The second kappa shape index (κ2) is 5.28. The molecule has 0 amide bonds. The van der Waals surface area contributed by atoms with Crippen molar-refractivity contribution in [1.82, 2.24) is 9.55 Å². The minimum Gasteiger partial charge on any atom is -0.381 e. The molecule has 1 aromatic rings. The average Bonchev–Trinajstić information content (AvgIpc) is 2.37. The summed E-state index contributed by atoms with van der Waals surface area (Å²) >= 11 is 5.79. The molecular formula is C12H17ClN2O3. The van der Waals surface area contributed by atoms with Crippen molar-refractivity contribution in [2.75, 3.05) is 13.2 Å². The number of rotatable bonds is 2. The third-order valence-electron chi connectivity index (χ3n) is 3.66. The van der Waals surface area contributed by atoms with Gasteiger partial charge in [-0.05, 0) is 32.6 Å². The fraction of sp³-hybridized carbons (Fsp3) is 0.667. The Kier molecular flexibility index (Phi) is 3.92. The highest BCUT2D eigenvalue weighted by atomic mass is 35.5. The molecule has 0 aromatic carbocycles. The number of nitrogens with zero attached hydrogens (tertiary/aromatic N) is 1. The van der Waals surface area contributed by atoms with Crippen LogP contribution in [0.25, 0.3) is 0 Å². The predicted octanol–water partition coefficient (Wildman–Crippen LogP) is 1.49. The molecule has 1 aliphatic heterocycles. The van der Waals surface area contributed by atoms with Crippen LogP contribution in [0.15, 0.2) is 9.59 Å². The zero-order valence-corrected chi connectivity index (χ0v) is 11.3. The van der Waals surface area contributed by atoms with Gasteiger partial charge in [0, 0.05) is 24.8 Å². The van der Waals surface area contributed by atoms with Crippen LogP contribution in [-0.2, 0) is 4.74 Å². The highest BCUT2D eigenvalue weighted by Crippen LogP contribution is 2.25. The molecular weight excluding hydrogens is 256 g/mol. The number of nitrogens with one attached hydrogen (secondary N) is 1. The molecule has 0 spiro atoms. The van der Waals surface area contributed by atoms with Crippen LogP contribution < -0.4 is 11.2 Å². The van der Waals surface area contributed by atoms with E-state index in [1.807, 2.05) is 6.92 Å². The third-order valence-corrected chi connectivity index (χ3v) is 4.04. The van der Waals surface area contributed by atoms with Crippen molar-refractivity contribution in [1.29, 1.82) is 0 Å². The molecule has 1 atom stereocenters. The van der Waals surface area contributed by atoms with E-state index < -0.39 is 5.69 Å². The zero-order chi connectivity index (χ0) is 13.3. The van der Waals surface area contributed by atoms with E-state index in [2.05, 4.69) is 4.98 Å². The number of hydrogen-bond acceptors (Lipinski definition) is 3. The summed E-state index contributed by atoms with van der Waals surface area (Å²) in [6.07, 6.45) is 1.74. The maximum Gasteiger partial charge on any atom is 0.329 e. The summed E-state index contributed by atoms with van der Waals surface area (Å²) in [5.74, 6) is 0.290. The zero-order valence-electron chi connectivity index (χ0n) is 10.5. The van der Waals surface area contributed by atoms with Crippen LogP contribution in [-0.4, -0.2) is 22.8 Å². The molecule has 2 heterocycles.